The zero-order chi connectivity index (χ0) is 15.2. The second-order valence-corrected chi connectivity index (χ2v) is 5.44. The fourth-order valence-corrected chi connectivity index (χ4v) is 2.46. The molecule has 1 aromatic heterocycles. The summed E-state index contributed by atoms with van der Waals surface area (Å²) in [4.78, 5) is 12.0. The molecule has 1 aromatic carbocycles. The summed E-state index contributed by atoms with van der Waals surface area (Å²) in [5, 5.41) is 7.27. The fourth-order valence-electron chi connectivity index (χ4n) is 2.01. The standard InChI is InChI=1S/C16H16BrN3O/c1-3-10-20-16(21)15(17)14(11-19-20)18-9-8-13-7-5-4-6-12(13)2/h1,4-7,11,18H,8-10H2,2H3. The molecule has 1 N–H and O–H groups in total. The number of halogens is 1. The smallest absolute Gasteiger partial charge is 0.284 e. The van der Waals surface area contributed by atoms with E-state index in [1.54, 1.807) is 6.20 Å². The number of anilines is 1. The van der Waals surface area contributed by atoms with Crippen LogP contribution >= 0.6 is 15.9 Å². The quantitative estimate of drug-likeness (QED) is 0.847. The van der Waals surface area contributed by atoms with Crippen molar-refractivity contribution in [1.29, 1.82) is 0 Å². The topological polar surface area (TPSA) is 46.9 Å². The van der Waals surface area contributed by atoms with Crippen LogP contribution in [0.25, 0.3) is 0 Å². The summed E-state index contributed by atoms with van der Waals surface area (Å²) in [5.74, 6) is 2.40. The number of hydrogen-bond acceptors (Lipinski definition) is 3. The van der Waals surface area contributed by atoms with E-state index >= 15 is 0 Å². The van der Waals surface area contributed by atoms with E-state index in [4.69, 9.17) is 6.42 Å². The third kappa shape index (κ3) is 3.73. The van der Waals surface area contributed by atoms with Gasteiger partial charge in [-0.1, -0.05) is 30.2 Å². The number of hydrogen-bond donors (Lipinski definition) is 1. The summed E-state index contributed by atoms with van der Waals surface area (Å²) in [7, 11) is 0. The SMILES string of the molecule is C#CCn1ncc(NCCc2ccccc2C)c(Br)c1=O. The van der Waals surface area contributed by atoms with Crippen molar-refractivity contribution < 1.29 is 0 Å². The molecule has 0 bridgehead atoms. The monoisotopic (exact) mass is 345 g/mol. The highest BCUT2D eigenvalue weighted by Gasteiger charge is 2.08. The van der Waals surface area contributed by atoms with Crippen LogP contribution in [0, 0.1) is 19.3 Å². The van der Waals surface area contributed by atoms with Crippen molar-refractivity contribution in [3.63, 3.8) is 0 Å². The minimum Gasteiger partial charge on any atom is -0.382 e. The molecule has 0 aliphatic carbocycles. The summed E-state index contributed by atoms with van der Waals surface area (Å²) >= 11 is 3.30. The lowest BCUT2D eigenvalue weighted by molar-refractivity contribution is 0.659. The molecule has 21 heavy (non-hydrogen) atoms. The molecule has 0 aliphatic heterocycles. The van der Waals surface area contributed by atoms with Crippen LogP contribution in [0.5, 0.6) is 0 Å². The molecular formula is C16H16BrN3O. The highest BCUT2D eigenvalue weighted by atomic mass is 79.9. The Labute approximate surface area is 132 Å². The maximum absolute atomic E-state index is 12.0. The maximum atomic E-state index is 12.0. The molecule has 0 unspecified atom stereocenters. The van der Waals surface area contributed by atoms with Crippen LogP contribution in [0.2, 0.25) is 0 Å². The largest absolute Gasteiger partial charge is 0.382 e. The normalized spacial score (nSPS) is 10.1. The van der Waals surface area contributed by atoms with Gasteiger partial charge < -0.3 is 5.32 Å². The molecule has 5 heteroatoms. The van der Waals surface area contributed by atoms with Gasteiger partial charge in [0.25, 0.3) is 5.56 Å². The van der Waals surface area contributed by atoms with Gasteiger partial charge in [0.05, 0.1) is 11.9 Å². The highest BCUT2D eigenvalue weighted by molar-refractivity contribution is 9.10. The Hall–Kier alpha value is -2.06. The number of nitrogens with zero attached hydrogens (tertiary/aromatic N) is 2. The van der Waals surface area contributed by atoms with E-state index in [2.05, 4.69) is 51.3 Å². The first-order chi connectivity index (χ1) is 10.1. The van der Waals surface area contributed by atoms with Gasteiger partial charge in [-0.15, -0.1) is 6.42 Å². The predicted molar refractivity (Wildman–Crippen MR) is 88.4 cm³/mol. The minimum atomic E-state index is -0.228. The lowest BCUT2D eigenvalue weighted by Gasteiger charge is -2.10. The van der Waals surface area contributed by atoms with E-state index in [1.807, 2.05) is 12.1 Å². The molecule has 0 amide bonds. The average Bonchev–Trinajstić information content (AvgIpc) is 2.48. The van der Waals surface area contributed by atoms with Crippen molar-refractivity contribution in [2.75, 3.05) is 11.9 Å². The first-order valence-corrected chi connectivity index (χ1v) is 7.40. The molecule has 0 spiro atoms. The molecule has 0 saturated carbocycles. The van der Waals surface area contributed by atoms with Crippen LogP contribution in [0.4, 0.5) is 5.69 Å². The van der Waals surface area contributed by atoms with E-state index in [0.717, 1.165) is 13.0 Å². The van der Waals surface area contributed by atoms with Gasteiger partial charge >= 0.3 is 0 Å². The lowest BCUT2D eigenvalue weighted by atomic mass is 10.1. The van der Waals surface area contributed by atoms with Crippen molar-refractivity contribution in [2.24, 2.45) is 0 Å². The lowest BCUT2D eigenvalue weighted by Crippen LogP contribution is -2.24. The van der Waals surface area contributed by atoms with Gasteiger partial charge in [0.15, 0.2) is 0 Å². The molecule has 0 saturated heterocycles. The third-order valence-corrected chi connectivity index (χ3v) is 3.96. The molecular weight excluding hydrogens is 330 g/mol. The number of benzene rings is 1. The zero-order valence-corrected chi connectivity index (χ0v) is 13.4. The van der Waals surface area contributed by atoms with E-state index in [1.165, 1.54) is 15.8 Å². The van der Waals surface area contributed by atoms with E-state index in [9.17, 15) is 4.79 Å². The number of aryl methyl sites for hydroxylation is 1. The van der Waals surface area contributed by atoms with Crippen LogP contribution in [-0.4, -0.2) is 16.3 Å². The van der Waals surface area contributed by atoms with Crippen molar-refractivity contribution in [3.05, 3.63) is 56.4 Å². The molecule has 2 aromatic rings. The van der Waals surface area contributed by atoms with Gasteiger partial charge in [-0.05, 0) is 40.4 Å². The molecule has 1 heterocycles. The highest BCUT2D eigenvalue weighted by Crippen LogP contribution is 2.16. The van der Waals surface area contributed by atoms with E-state index in [-0.39, 0.29) is 12.1 Å². The second-order valence-electron chi connectivity index (χ2n) is 4.64. The molecule has 0 fully saturated rings. The first-order valence-electron chi connectivity index (χ1n) is 6.61. The van der Waals surface area contributed by atoms with Gasteiger partial charge in [0, 0.05) is 6.54 Å². The molecule has 108 valence electrons. The Morgan fingerprint density at radius 3 is 2.90 bits per heavy atom. The molecule has 2 rings (SSSR count). The maximum Gasteiger partial charge on any atom is 0.284 e. The van der Waals surface area contributed by atoms with E-state index in [0.29, 0.717) is 10.2 Å². The van der Waals surface area contributed by atoms with Crippen LogP contribution in [0.15, 0.2) is 39.7 Å². The van der Waals surface area contributed by atoms with Crippen LogP contribution in [0.3, 0.4) is 0 Å². The minimum absolute atomic E-state index is 0.168. The van der Waals surface area contributed by atoms with Crippen molar-refractivity contribution in [2.45, 2.75) is 19.9 Å². The summed E-state index contributed by atoms with van der Waals surface area (Å²) in [6, 6.07) is 8.25. The number of nitrogens with one attached hydrogen (secondary N) is 1. The summed E-state index contributed by atoms with van der Waals surface area (Å²) in [5.41, 5.74) is 3.01. The third-order valence-electron chi connectivity index (χ3n) is 3.20. The summed E-state index contributed by atoms with van der Waals surface area (Å²) in [6.45, 7) is 2.98. The van der Waals surface area contributed by atoms with Crippen LogP contribution in [0.1, 0.15) is 11.1 Å². The Morgan fingerprint density at radius 1 is 1.43 bits per heavy atom. The Kier molecular flexibility index (Phi) is 5.18. The summed E-state index contributed by atoms with van der Waals surface area (Å²) < 4.78 is 1.70. The first kappa shape index (κ1) is 15.3. The molecule has 0 radical (unpaired) electrons. The van der Waals surface area contributed by atoms with Gasteiger partial charge in [-0.2, -0.15) is 5.10 Å². The number of aromatic nitrogens is 2. The van der Waals surface area contributed by atoms with Gasteiger partial charge in [-0.3, -0.25) is 4.79 Å². The second kappa shape index (κ2) is 7.09. The molecule has 0 atom stereocenters. The van der Waals surface area contributed by atoms with Crippen molar-refractivity contribution >= 4 is 21.6 Å². The Balaban J connectivity index is 2.05. The fraction of sp³-hybridized carbons (Fsp3) is 0.250. The Bertz CT molecular complexity index is 731. The average molecular weight is 346 g/mol. The van der Waals surface area contributed by atoms with Crippen molar-refractivity contribution in [3.8, 4) is 12.3 Å². The van der Waals surface area contributed by atoms with Gasteiger partial charge in [-0.25, -0.2) is 4.68 Å². The number of terminal acetylenes is 1. The van der Waals surface area contributed by atoms with Gasteiger partial charge in [0.1, 0.15) is 11.0 Å². The predicted octanol–water partition coefficient (Wildman–Crippen LogP) is 2.60. The van der Waals surface area contributed by atoms with Gasteiger partial charge in [0.2, 0.25) is 0 Å². The molecule has 4 nitrogen and oxygen atoms in total. The van der Waals surface area contributed by atoms with Crippen LogP contribution in [-0.2, 0) is 13.0 Å². The van der Waals surface area contributed by atoms with Crippen molar-refractivity contribution in [1.82, 2.24) is 9.78 Å². The van der Waals surface area contributed by atoms with E-state index < -0.39 is 0 Å². The molecule has 0 aliphatic rings. The number of rotatable bonds is 5. The summed E-state index contributed by atoms with van der Waals surface area (Å²) in [6.07, 6.45) is 7.69. The van der Waals surface area contributed by atoms with Crippen LogP contribution < -0.4 is 10.9 Å². The Morgan fingerprint density at radius 2 is 2.19 bits per heavy atom. The zero-order valence-electron chi connectivity index (χ0n) is 11.8.